The predicted molar refractivity (Wildman–Crippen MR) is 93.2 cm³/mol. The number of carbonyl (C=O) groups is 1. The Morgan fingerprint density at radius 1 is 1.36 bits per heavy atom. The van der Waals surface area contributed by atoms with E-state index >= 15 is 0 Å². The molecule has 7 heteroatoms. The van der Waals surface area contributed by atoms with E-state index in [1.807, 2.05) is 28.8 Å². The summed E-state index contributed by atoms with van der Waals surface area (Å²) in [6.07, 6.45) is 4.44. The van der Waals surface area contributed by atoms with Crippen molar-refractivity contribution in [2.24, 2.45) is 0 Å². The van der Waals surface area contributed by atoms with Crippen LogP contribution in [0.4, 0.5) is 0 Å². The number of amides is 1. The van der Waals surface area contributed by atoms with Gasteiger partial charge in [0.25, 0.3) is 5.56 Å². The number of rotatable bonds is 4. The van der Waals surface area contributed by atoms with E-state index < -0.39 is 0 Å². The van der Waals surface area contributed by atoms with Gasteiger partial charge >= 0.3 is 0 Å². The number of para-hydroxylation sites is 2. The van der Waals surface area contributed by atoms with Crippen LogP contribution < -0.4 is 10.9 Å². The van der Waals surface area contributed by atoms with Crippen molar-refractivity contribution in [1.82, 2.24) is 25.1 Å². The van der Waals surface area contributed by atoms with Gasteiger partial charge in [-0.25, -0.2) is 10.1 Å². The standard InChI is InChI=1S/C18H19N5O2/c24-17(7-8-23-11-19-15-3-1-2-4-16(15)23)20-13-5-6-14-12(9-13)10-18(25)22-21-14/h1-4,10-11,13H,5-9H2,(H,20,24)(H,22,25). The molecule has 0 aliphatic heterocycles. The zero-order valence-corrected chi connectivity index (χ0v) is 13.7. The van der Waals surface area contributed by atoms with E-state index in [1.54, 1.807) is 12.4 Å². The average Bonchev–Trinajstić information content (AvgIpc) is 3.03. The third-order valence-corrected chi connectivity index (χ3v) is 4.65. The van der Waals surface area contributed by atoms with E-state index in [4.69, 9.17) is 0 Å². The molecule has 0 radical (unpaired) electrons. The fourth-order valence-electron chi connectivity index (χ4n) is 3.37. The minimum absolute atomic E-state index is 0.0176. The van der Waals surface area contributed by atoms with Crippen LogP contribution in [0.15, 0.2) is 41.5 Å². The third kappa shape index (κ3) is 3.31. The molecule has 7 nitrogen and oxygen atoms in total. The van der Waals surface area contributed by atoms with Gasteiger partial charge in [0.15, 0.2) is 0 Å². The van der Waals surface area contributed by atoms with Gasteiger partial charge in [0.05, 0.1) is 23.1 Å². The highest BCUT2D eigenvalue weighted by Gasteiger charge is 2.21. The Morgan fingerprint density at radius 3 is 3.16 bits per heavy atom. The van der Waals surface area contributed by atoms with Crippen LogP contribution in [-0.2, 0) is 24.2 Å². The molecule has 1 aromatic carbocycles. The molecule has 0 saturated heterocycles. The number of aromatic nitrogens is 4. The van der Waals surface area contributed by atoms with Crippen molar-refractivity contribution in [2.45, 2.75) is 38.3 Å². The first-order valence-electron chi connectivity index (χ1n) is 8.46. The van der Waals surface area contributed by atoms with Crippen LogP contribution in [0.2, 0.25) is 0 Å². The van der Waals surface area contributed by atoms with Crippen molar-refractivity contribution in [2.75, 3.05) is 0 Å². The minimum atomic E-state index is -0.197. The molecule has 25 heavy (non-hydrogen) atoms. The van der Waals surface area contributed by atoms with Crippen molar-refractivity contribution in [3.05, 3.63) is 58.3 Å². The molecule has 0 saturated carbocycles. The second kappa shape index (κ2) is 6.51. The van der Waals surface area contributed by atoms with E-state index in [1.165, 1.54) is 0 Å². The number of hydrogen-bond donors (Lipinski definition) is 2. The van der Waals surface area contributed by atoms with Gasteiger partial charge in [0, 0.05) is 25.1 Å². The summed E-state index contributed by atoms with van der Waals surface area (Å²) in [6, 6.07) is 9.52. The van der Waals surface area contributed by atoms with Crippen molar-refractivity contribution in [1.29, 1.82) is 0 Å². The van der Waals surface area contributed by atoms with Crippen LogP contribution in [-0.4, -0.2) is 31.7 Å². The fraction of sp³-hybridized carbons (Fsp3) is 0.333. The SMILES string of the molecule is O=C(CCn1cnc2ccccc21)NC1CCc2n[nH]c(=O)cc2C1. The summed E-state index contributed by atoms with van der Waals surface area (Å²) < 4.78 is 1.99. The van der Waals surface area contributed by atoms with Gasteiger partial charge in [-0.15, -0.1) is 0 Å². The number of nitrogens with one attached hydrogen (secondary N) is 2. The molecule has 0 bridgehead atoms. The number of aryl methyl sites for hydroxylation is 2. The number of nitrogens with zero attached hydrogens (tertiary/aromatic N) is 3. The lowest BCUT2D eigenvalue weighted by Crippen LogP contribution is -2.39. The highest BCUT2D eigenvalue weighted by Crippen LogP contribution is 2.18. The maximum atomic E-state index is 12.3. The maximum absolute atomic E-state index is 12.3. The molecule has 1 amide bonds. The molecule has 2 N–H and O–H groups in total. The molecule has 2 aromatic heterocycles. The van der Waals surface area contributed by atoms with Crippen molar-refractivity contribution < 1.29 is 4.79 Å². The predicted octanol–water partition coefficient (Wildman–Crippen LogP) is 1.18. The lowest BCUT2D eigenvalue weighted by molar-refractivity contribution is -0.122. The topological polar surface area (TPSA) is 92.7 Å². The molecular weight excluding hydrogens is 318 g/mol. The second-order valence-electron chi connectivity index (χ2n) is 6.39. The smallest absolute Gasteiger partial charge is 0.264 e. The first-order valence-corrected chi connectivity index (χ1v) is 8.46. The summed E-state index contributed by atoms with van der Waals surface area (Å²) in [4.78, 5) is 28.0. The quantitative estimate of drug-likeness (QED) is 0.748. The summed E-state index contributed by atoms with van der Waals surface area (Å²) in [5, 5.41) is 9.61. The van der Waals surface area contributed by atoms with Crippen molar-refractivity contribution in [3.8, 4) is 0 Å². The maximum Gasteiger partial charge on any atom is 0.264 e. The monoisotopic (exact) mass is 337 g/mol. The van der Waals surface area contributed by atoms with Crippen LogP contribution in [0.5, 0.6) is 0 Å². The zero-order chi connectivity index (χ0) is 17.2. The Balaban J connectivity index is 1.36. The van der Waals surface area contributed by atoms with E-state index in [9.17, 15) is 9.59 Å². The van der Waals surface area contributed by atoms with Gasteiger partial charge in [-0.2, -0.15) is 5.10 Å². The Bertz CT molecular complexity index is 975. The number of carbonyl (C=O) groups excluding carboxylic acids is 1. The molecule has 1 unspecified atom stereocenters. The first-order chi connectivity index (χ1) is 12.2. The van der Waals surface area contributed by atoms with Crippen LogP contribution in [0, 0.1) is 0 Å². The molecule has 0 fully saturated rings. The van der Waals surface area contributed by atoms with Gasteiger partial charge in [-0.05, 0) is 37.0 Å². The van der Waals surface area contributed by atoms with Gasteiger partial charge in [-0.1, -0.05) is 12.1 Å². The lowest BCUT2D eigenvalue weighted by Gasteiger charge is -2.24. The second-order valence-corrected chi connectivity index (χ2v) is 6.39. The minimum Gasteiger partial charge on any atom is -0.353 e. The zero-order valence-electron chi connectivity index (χ0n) is 13.7. The number of hydrogen-bond acceptors (Lipinski definition) is 4. The van der Waals surface area contributed by atoms with E-state index in [0.29, 0.717) is 19.4 Å². The highest BCUT2D eigenvalue weighted by molar-refractivity contribution is 5.77. The molecular formula is C18H19N5O2. The Labute approximate surface area is 144 Å². The molecule has 128 valence electrons. The van der Waals surface area contributed by atoms with Crippen LogP contribution in [0.3, 0.4) is 0 Å². The van der Waals surface area contributed by atoms with Crippen molar-refractivity contribution >= 4 is 16.9 Å². The number of H-pyrrole nitrogens is 1. The Morgan fingerprint density at radius 2 is 2.24 bits per heavy atom. The van der Waals surface area contributed by atoms with Crippen LogP contribution in [0.25, 0.3) is 11.0 Å². The van der Waals surface area contributed by atoms with Crippen LogP contribution >= 0.6 is 0 Å². The van der Waals surface area contributed by atoms with Gasteiger partial charge in [-0.3, -0.25) is 9.59 Å². The number of benzene rings is 1. The van der Waals surface area contributed by atoms with Crippen molar-refractivity contribution in [3.63, 3.8) is 0 Å². The largest absolute Gasteiger partial charge is 0.353 e. The van der Waals surface area contributed by atoms with E-state index in [-0.39, 0.29) is 17.5 Å². The number of fused-ring (bicyclic) bond motifs is 2. The summed E-state index contributed by atoms with van der Waals surface area (Å²) in [7, 11) is 0. The summed E-state index contributed by atoms with van der Waals surface area (Å²) in [5.41, 5.74) is 3.63. The summed E-state index contributed by atoms with van der Waals surface area (Å²) in [5.74, 6) is 0.0176. The van der Waals surface area contributed by atoms with Crippen LogP contribution in [0.1, 0.15) is 24.1 Å². The molecule has 2 heterocycles. The summed E-state index contributed by atoms with van der Waals surface area (Å²) in [6.45, 7) is 0.594. The van der Waals surface area contributed by atoms with Gasteiger partial charge < -0.3 is 9.88 Å². The summed E-state index contributed by atoms with van der Waals surface area (Å²) >= 11 is 0. The van der Waals surface area contributed by atoms with Gasteiger partial charge in [0.2, 0.25) is 5.91 Å². The fourth-order valence-corrected chi connectivity index (χ4v) is 3.37. The molecule has 1 atom stereocenters. The lowest BCUT2D eigenvalue weighted by atomic mass is 9.92. The molecule has 1 aliphatic carbocycles. The Hall–Kier alpha value is -2.96. The molecule has 1 aliphatic rings. The van der Waals surface area contributed by atoms with E-state index in [2.05, 4.69) is 20.5 Å². The first kappa shape index (κ1) is 15.6. The van der Waals surface area contributed by atoms with E-state index in [0.717, 1.165) is 35.1 Å². The normalized spacial score (nSPS) is 16.6. The molecule has 0 spiro atoms. The molecule has 4 rings (SSSR count). The number of imidazole rings is 1. The Kier molecular flexibility index (Phi) is 4.05. The molecule has 3 aromatic rings. The van der Waals surface area contributed by atoms with Gasteiger partial charge in [0.1, 0.15) is 0 Å². The number of aromatic amines is 1. The third-order valence-electron chi connectivity index (χ3n) is 4.65. The average molecular weight is 337 g/mol. The highest BCUT2D eigenvalue weighted by atomic mass is 16.1.